The van der Waals surface area contributed by atoms with Crippen LogP contribution in [0.4, 0.5) is 0 Å². The zero-order valence-corrected chi connectivity index (χ0v) is 10.7. The lowest BCUT2D eigenvalue weighted by molar-refractivity contribution is 0.336. The zero-order chi connectivity index (χ0) is 11.9. The van der Waals surface area contributed by atoms with E-state index < -0.39 is 0 Å². The number of hydrogen-bond acceptors (Lipinski definition) is 3. The van der Waals surface area contributed by atoms with Gasteiger partial charge in [0, 0.05) is 30.5 Å². The third-order valence-electron chi connectivity index (χ3n) is 3.85. The first kappa shape index (κ1) is 12.5. The molecule has 3 nitrogen and oxygen atoms in total. The van der Waals surface area contributed by atoms with Crippen molar-refractivity contribution in [1.29, 1.82) is 0 Å². The third kappa shape index (κ3) is 4.08. The van der Waals surface area contributed by atoms with E-state index in [1.807, 2.05) is 12.4 Å². The van der Waals surface area contributed by atoms with E-state index in [0.29, 0.717) is 6.04 Å². The van der Waals surface area contributed by atoms with Gasteiger partial charge < -0.3 is 5.32 Å². The molecule has 0 spiro atoms. The highest BCUT2D eigenvalue weighted by Crippen LogP contribution is 2.25. The summed E-state index contributed by atoms with van der Waals surface area (Å²) >= 11 is 0. The van der Waals surface area contributed by atoms with Gasteiger partial charge in [0.2, 0.25) is 0 Å². The Labute approximate surface area is 104 Å². The van der Waals surface area contributed by atoms with E-state index in [2.05, 4.69) is 22.2 Å². The Balaban J connectivity index is 1.78. The second-order valence-corrected chi connectivity index (χ2v) is 5.17. The first-order valence-corrected chi connectivity index (χ1v) is 6.83. The van der Waals surface area contributed by atoms with Crippen LogP contribution in [0.1, 0.15) is 51.0 Å². The van der Waals surface area contributed by atoms with Crippen LogP contribution < -0.4 is 5.32 Å². The number of nitrogens with one attached hydrogen (secondary N) is 1. The van der Waals surface area contributed by atoms with Crippen LogP contribution in [0.25, 0.3) is 0 Å². The minimum Gasteiger partial charge on any atom is -0.310 e. The fourth-order valence-electron chi connectivity index (χ4n) is 2.68. The van der Waals surface area contributed by atoms with E-state index in [1.165, 1.54) is 44.1 Å². The van der Waals surface area contributed by atoms with Gasteiger partial charge in [-0.25, -0.2) is 9.97 Å². The Bertz CT molecular complexity index is 305. The van der Waals surface area contributed by atoms with Crippen molar-refractivity contribution in [2.75, 3.05) is 0 Å². The Morgan fingerprint density at radius 3 is 2.47 bits per heavy atom. The Morgan fingerprint density at radius 2 is 1.82 bits per heavy atom. The number of nitrogens with zero attached hydrogens (tertiary/aromatic N) is 2. The molecule has 0 amide bonds. The molecule has 1 aromatic heterocycles. The lowest BCUT2D eigenvalue weighted by Crippen LogP contribution is -2.33. The van der Waals surface area contributed by atoms with Gasteiger partial charge in [0.25, 0.3) is 0 Å². The van der Waals surface area contributed by atoms with E-state index in [9.17, 15) is 0 Å². The summed E-state index contributed by atoms with van der Waals surface area (Å²) in [4.78, 5) is 8.08. The van der Waals surface area contributed by atoms with Gasteiger partial charge in [0.05, 0.1) is 0 Å². The van der Waals surface area contributed by atoms with Crippen molar-refractivity contribution in [3.05, 3.63) is 24.3 Å². The normalized spacial score (nSPS) is 19.8. The van der Waals surface area contributed by atoms with Crippen molar-refractivity contribution in [2.24, 2.45) is 5.92 Å². The molecule has 0 aliphatic heterocycles. The van der Waals surface area contributed by atoms with Crippen molar-refractivity contribution in [3.8, 4) is 0 Å². The first-order valence-electron chi connectivity index (χ1n) is 6.83. The fourth-order valence-corrected chi connectivity index (χ4v) is 2.68. The summed E-state index contributed by atoms with van der Waals surface area (Å²) in [5, 5.41) is 3.62. The predicted octanol–water partition coefficient (Wildman–Crippen LogP) is 2.93. The Morgan fingerprint density at radius 1 is 1.18 bits per heavy atom. The van der Waals surface area contributed by atoms with Crippen LogP contribution >= 0.6 is 0 Å². The molecule has 1 heterocycles. The molecule has 94 valence electrons. The van der Waals surface area contributed by atoms with E-state index >= 15 is 0 Å². The van der Waals surface area contributed by atoms with Gasteiger partial charge in [0.1, 0.15) is 6.33 Å². The summed E-state index contributed by atoms with van der Waals surface area (Å²) in [6.07, 6.45) is 13.8. The molecular weight excluding hydrogens is 210 g/mol. The van der Waals surface area contributed by atoms with Crippen LogP contribution in [0.3, 0.4) is 0 Å². The molecule has 0 saturated heterocycles. The molecule has 0 unspecified atom stereocenters. The maximum atomic E-state index is 4.04. The lowest BCUT2D eigenvalue weighted by Gasteiger charge is -2.23. The molecule has 0 aromatic carbocycles. The van der Waals surface area contributed by atoms with Gasteiger partial charge in [0.15, 0.2) is 0 Å². The number of hydrogen-bond donors (Lipinski definition) is 1. The molecule has 1 aliphatic rings. The van der Waals surface area contributed by atoms with Crippen LogP contribution in [-0.2, 0) is 6.54 Å². The molecule has 1 fully saturated rings. The molecule has 1 N–H and O–H groups in total. The van der Waals surface area contributed by atoms with E-state index in [4.69, 9.17) is 0 Å². The number of aromatic nitrogens is 2. The van der Waals surface area contributed by atoms with Crippen molar-refractivity contribution in [2.45, 2.75) is 58.0 Å². The van der Waals surface area contributed by atoms with Gasteiger partial charge in [-0.3, -0.25) is 0 Å². The van der Waals surface area contributed by atoms with E-state index in [0.717, 1.165) is 12.5 Å². The molecule has 1 saturated carbocycles. The summed E-state index contributed by atoms with van der Waals surface area (Å²) in [7, 11) is 0. The molecule has 1 aromatic rings. The second-order valence-electron chi connectivity index (χ2n) is 5.17. The SMILES string of the molecule is C[C@H](NCc1cncnc1)C1CCCCCC1. The molecule has 0 radical (unpaired) electrons. The zero-order valence-electron chi connectivity index (χ0n) is 10.7. The smallest absolute Gasteiger partial charge is 0.115 e. The summed E-state index contributed by atoms with van der Waals surface area (Å²) < 4.78 is 0. The Hall–Kier alpha value is -0.960. The second kappa shape index (κ2) is 6.70. The highest BCUT2D eigenvalue weighted by molar-refractivity contribution is 5.01. The summed E-state index contributed by atoms with van der Waals surface area (Å²) in [6, 6.07) is 0.605. The van der Waals surface area contributed by atoms with Gasteiger partial charge >= 0.3 is 0 Å². The Kier molecular flexibility index (Phi) is 4.92. The van der Waals surface area contributed by atoms with Crippen LogP contribution in [0.5, 0.6) is 0 Å². The highest BCUT2D eigenvalue weighted by Gasteiger charge is 2.18. The molecular formula is C14H23N3. The van der Waals surface area contributed by atoms with Crippen molar-refractivity contribution in [3.63, 3.8) is 0 Å². The van der Waals surface area contributed by atoms with Crippen molar-refractivity contribution in [1.82, 2.24) is 15.3 Å². The van der Waals surface area contributed by atoms with Crippen LogP contribution in [-0.4, -0.2) is 16.0 Å². The molecule has 1 aliphatic carbocycles. The van der Waals surface area contributed by atoms with Crippen molar-refractivity contribution >= 4 is 0 Å². The monoisotopic (exact) mass is 233 g/mol. The predicted molar refractivity (Wildman–Crippen MR) is 69.5 cm³/mol. The molecule has 2 rings (SSSR count). The first-order chi connectivity index (χ1) is 8.36. The van der Waals surface area contributed by atoms with Gasteiger partial charge in [-0.15, -0.1) is 0 Å². The third-order valence-corrected chi connectivity index (χ3v) is 3.85. The molecule has 3 heteroatoms. The van der Waals surface area contributed by atoms with Crippen LogP contribution in [0.2, 0.25) is 0 Å². The minimum absolute atomic E-state index is 0.605. The van der Waals surface area contributed by atoms with Gasteiger partial charge in [-0.1, -0.05) is 25.7 Å². The fraction of sp³-hybridized carbons (Fsp3) is 0.714. The lowest BCUT2D eigenvalue weighted by atomic mass is 9.93. The molecule has 0 bridgehead atoms. The average Bonchev–Trinajstić information content (AvgIpc) is 2.66. The quantitative estimate of drug-likeness (QED) is 0.813. The van der Waals surface area contributed by atoms with Crippen LogP contribution in [0.15, 0.2) is 18.7 Å². The maximum Gasteiger partial charge on any atom is 0.115 e. The van der Waals surface area contributed by atoms with Crippen molar-refractivity contribution < 1.29 is 0 Å². The average molecular weight is 233 g/mol. The van der Waals surface area contributed by atoms with E-state index in [1.54, 1.807) is 6.33 Å². The molecule has 17 heavy (non-hydrogen) atoms. The minimum atomic E-state index is 0.605. The summed E-state index contributed by atoms with van der Waals surface area (Å²) in [5.41, 5.74) is 1.17. The van der Waals surface area contributed by atoms with Gasteiger partial charge in [-0.2, -0.15) is 0 Å². The summed E-state index contributed by atoms with van der Waals surface area (Å²) in [5.74, 6) is 0.849. The summed E-state index contributed by atoms with van der Waals surface area (Å²) in [6.45, 7) is 3.21. The number of rotatable bonds is 4. The van der Waals surface area contributed by atoms with Crippen LogP contribution in [0, 0.1) is 5.92 Å². The highest BCUT2D eigenvalue weighted by atomic mass is 14.9. The van der Waals surface area contributed by atoms with E-state index in [-0.39, 0.29) is 0 Å². The maximum absolute atomic E-state index is 4.04. The van der Waals surface area contributed by atoms with Gasteiger partial charge in [-0.05, 0) is 25.7 Å². The topological polar surface area (TPSA) is 37.8 Å². The largest absolute Gasteiger partial charge is 0.310 e. The standard InChI is InChI=1S/C14H23N3/c1-12(14-6-4-2-3-5-7-14)17-10-13-8-15-11-16-9-13/h8-9,11-12,14,17H,2-7,10H2,1H3/t12-/m0/s1. The molecule has 1 atom stereocenters.